The number of nitrogens with one attached hydrogen (secondary N) is 3. The molecule has 2 heterocycles. The van der Waals surface area contributed by atoms with Crippen molar-refractivity contribution in [2.45, 2.75) is 76.7 Å². The number of alkyl halides is 3. The maximum absolute atomic E-state index is 15.0. The Hall–Kier alpha value is -3.67. The van der Waals surface area contributed by atoms with E-state index in [0.29, 0.717) is 53.6 Å². The van der Waals surface area contributed by atoms with Crippen LogP contribution in [0.4, 0.5) is 13.2 Å². The molecule has 0 aliphatic heterocycles. The number of aromatic nitrogens is 3. The lowest BCUT2D eigenvalue weighted by Gasteiger charge is -2.32. The Bertz CT molecular complexity index is 1410. The van der Waals surface area contributed by atoms with Crippen molar-refractivity contribution >= 4 is 22.8 Å². The van der Waals surface area contributed by atoms with Gasteiger partial charge in [-0.2, -0.15) is 0 Å². The molecule has 214 valence electrons. The van der Waals surface area contributed by atoms with E-state index in [1.807, 2.05) is 0 Å². The van der Waals surface area contributed by atoms with Crippen LogP contribution >= 0.6 is 0 Å². The topological polar surface area (TPSA) is 129 Å². The molecule has 40 heavy (non-hydrogen) atoms. The number of fused-ring (bicyclic) bond motifs is 1. The van der Waals surface area contributed by atoms with E-state index < -0.39 is 42.6 Å². The van der Waals surface area contributed by atoms with Crippen LogP contribution in [0.2, 0.25) is 0 Å². The molecule has 3 aromatic rings. The Labute approximate surface area is 228 Å². The first kappa shape index (κ1) is 27.9. The van der Waals surface area contributed by atoms with Gasteiger partial charge in [-0.1, -0.05) is 0 Å². The van der Waals surface area contributed by atoms with Crippen molar-refractivity contribution in [2.75, 3.05) is 6.61 Å². The summed E-state index contributed by atoms with van der Waals surface area (Å²) in [5.41, 5.74) is 1.83. The molecule has 2 saturated carbocycles. The average Bonchev–Trinajstić information content (AvgIpc) is 3.68. The third-order valence-electron chi connectivity index (χ3n) is 7.50. The van der Waals surface area contributed by atoms with E-state index in [4.69, 9.17) is 4.74 Å². The van der Waals surface area contributed by atoms with Crippen molar-refractivity contribution < 1.29 is 32.6 Å². The van der Waals surface area contributed by atoms with Crippen LogP contribution in [0.25, 0.3) is 22.3 Å². The van der Waals surface area contributed by atoms with Gasteiger partial charge in [-0.15, -0.1) is 0 Å². The third kappa shape index (κ3) is 5.91. The molecule has 0 spiro atoms. The van der Waals surface area contributed by atoms with Gasteiger partial charge in [0.05, 0.1) is 23.7 Å². The van der Waals surface area contributed by atoms with Gasteiger partial charge in [-0.05, 0) is 63.6 Å². The number of rotatable bonds is 9. The summed E-state index contributed by atoms with van der Waals surface area (Å²) < 4.78 is 48.1. The summed E-state index contributed by atoms with van der Waals surface area (Å²) in [4.78, 5) is 36.9. The molecule has 0 radical (unpaired) electrons. The van der Waals surface area contributed by atoms with Crippen LogP contribution in [0.1, 0.15) is 67.1 Å². The molecule has 0 bridgehead atoms. The molecule has 2 aromatic heterocycles. The number of benzene rings is 1. The van der Waals surface area contributed by atoms with Crippen LogP contribution in [-0.4, -0.2) is 62.8 Å². The molecular formula is C28H32F3N5O4. The minimum Gasteiger partial charge on any atom is -0.493 e. The van der Waals surface area contributed by atoms with E-state index in [1.54, 1.807) is 6.92 Å². The Kier molecular flexibility index (Phi) is 7.97. The number of ether oxygens (including phenoxy) is 1. The van der Waals surface area contributed by atoms with Crippen molar-refractivity contribution in [1.82, 2.24) is 25.6 Å². The highest BCUT2D eigenvalue weighted by Gasteiger charge is 2.34. The third-order valence-corrected chi connectivity index (χ3v) is 7.50. The Morgan fingerprint density at radius 2 is 1.95 bits per heavy atom. The summed E-state index contributed by atoms with van der Waals surface area (Å²) in [6.45, 7) is 3.49. The molecule has 0 unspecified atom stereocenters. The van der Waals surface area contributed by atoms with E-state index in [9.17, 15) is 27.9 Å². The van der Waals surface area contributed by atoms with Crippen LogP contribution in [0, 0.1) is 12.8 Å². The zero-order chi connectivity index (χ0) is 28.6. The highest BCUT2D eigenvalue weighted by Crippen LogP contribution is 2.38. The Balaban J connectivity index is 1.40. The largest absolute Gasteiger partial charge is 0.493 e. The number of amides is 2. The predicted molar refractivity (Wildman–Crippen MR) is 141 cm³/mol. The first-order chi connectivity index (χ1) is 19.1. The number of nitrogens with zero attached hydrogens (tertiary/aromatic N) is 2. The maximum Gasteiger partial charge on any atom is 0.263 e. The van der Waals surface area contributed by atoms with Crippen molar-refractivity contribution in [3.8, 4) is 17.0 Å². The lowest BCUT2D eigenvalue weighted by molar-refractivity contribution is -0.129. The SMILES string of the molecule is Cc1[nH]c2c(-c3cc(C(F)F)ccc3OCC3CC3)ncnc2c1C(=O)N[C@H]1CC[C@H](NC(=O)[C@H](C)O)C[C@H]1F. The number of aliphatic hydroxyl groups excluding tert-OH is 1. The number of hydrogen-bond acceptors (Lipinski definition) is 6. The minimum atomic E-state index is -2.69. The number of aliphatic hydroxyl groups is 1. The van der Waals surface area contributed by atoms with Gasteiger partial charge in [0.15, 0.2) is 0 Å². The molecule has 2 aliphatic rings. The van der Waals surface area contributed by atoms with Crippen LogP contribution in [0.15, 0.2) is 24.5 Å². The zero-order valence-corrected chi connectivity index (χ0v) is 22.2. The van der Waals surface area contributed by atoms with Gasteiger partial charge in [0.2, 0.25) is 5.91 Å². The van der Waals surface area contributed by atoms with E-state index in [1.165, 1.54) is 31.5 Å². The molecular weight excluding hydrogens is 527 g/mol. The van der Waals surface area contributed by atoms with Gasteiger partial charge < -0.3 is 25.5 Å². The zero-order valence-electron chi connectivity index (χ0n) is 22.2. The van der Waals surface area contributed by atoms with Crippen molar-refractivity contribution in [3.63, 3.8) is 0 Å². The summed E-state index contributed by atoms with van der Waals surface area (Å²) in [6.07, 6.45) is -1.16. The van der Waals surface area contributed by atoms with E-state index in [2.05, 4.69) is 25.6 Å². The summed E-state index contributed by atoms with van der Waals surface area (Å²) in [7, 11) is 0. The predicted octanol–water partition coefficient (Wildman–Crippen LogP) is 4.15. The summed E-state index contributed by atoms with van der Waals surface area (Å²) >= 11 is 0. The number of aromatic amines is 1. The molecule has 4 atom stereocenters. The number of aryl methyl sites for hydroxylation is 1. The van der Waals surface area contributed by atoms with Crippen molar-refractivity contribution in [3.05, 3.63) is 41.3 Å². The van der Waals surface area contributed by atoms with Crippen molar-refractivity contribution in [1.29, 1.82) is 0 Å². The van der Waals surface area contributed by atoms with Crippen LogP contribution in [0.5, 0.6) is 5.75 Å². The fraction of sp³-hybridized carbons (Fsp3) is 0.500. The molecule has 4 N–H and O–H groups in total. The van der Waals surface area contributed by atoms with Crippen LogP contribution in [0.3, 0.4) is 0 Å². The summed E-state index contributed by atoms with van der Waals surface area (Å²) in [5, 5.41) is 14.8. The Morgan fingerprint density at radius 3 is 2.62 bits per heavy atom. The Morgan fingerprint density at radius 1 is 1.18 bits per heavy atom. The minimum absolute atomic E-state index is 0.00665. The van der Waals surface area contributed by atoms with E-state index >= 15 is 0 Å². The van der Waals surface area contributed by atoms with Gasteiger partial charge in [0.25, 0.3) is 12.3 Å². The van der Waals surface area contributed by atoms with E-state index in [0.717, 1.165) is 12.8 Å². The quantitative estimate of drug-likeness (QED) is 0.312. The monoisotopic (exact) mass is 559 g/mol. The van der Waals surface area contributed by atoms with E-state index in [-0.39, 0.29) is 23.1 Å². The first-order valence-electron chi connectivity index (χ1n) is 13.4. The summed E-state index contributed by atoms with van der Waals surface area (Å²) in [6, 6.07) is 2.97. The second-order valence-corrected chi connectivity index (χ2v) is 10.7. The molecule has 2 fully saturated rings. The van der Waals surface area contributed by atoms with Gasteiger partial charge in [-0.3, -0.25) is 9.59 Å². The fourth-order valence-corrected chi connectivity index (χ4v) is 5.06. The molecule has 2 amide bonds. The smallest absolute Gasteiger partial charge is 0.263 e. The lowest BCUT2D eigenvalue weighted by atomic mass is 9.89. The van der Waals surface area contributed by atoms with Gasteiger partial charge in [0, 0.05) is 29.3 Å². The van der Waals surface area contributed by atoms with Gasteiger partial charge in [-0.25, -0.2) is 23.1 Å². The number of hydrogen-bond donors (Lipinski definition) is 4. The van der Waals surface area contributed by atoms with Crippen LogP contribution < -0.4 is 15.4 Å². The molecule has 1 aromatic carbocycles. The molecule has 12 heteroatoms. The average molecular weight is 560 g/mol. The van der Waals surface area contributed by atoms with Crippen molar-refractivity contribution in [2.24, 2.45) is 5.92 Å². The number of carbonyl (C=O) groups excluding carboxylic acids is 2. The first-order valence-corrected chi connectivity index (χ1v) is 13.4. The van der Waals surface area contributed by atoms with Gasteiger partial charge in [0.1, 0.15) is 35.6 Å². The summed E-state index contributed by atoms with van der Waals surface area (Å²) in [5.74, 6) is -0.238. The molecule has 9 nitrogen and oxygen atoms in total. The normalized spacial score (nSPS) is 21.8. The molecule has 5 rings (SSSR count). The number of carbonyl (C=O) groups is 2. The molecule has 0 saturated heterocycles. The molecule has 2 aliphatic carbocycles. The van der Waals surface area contributed by atoms with Gasteiger partial charge >= 0.3 is 0 Å². The highest BCUT2D eigenvalue weighted by atomic mass is 19.3. The fourth-order valence-electron chi connectivity index (χ4n) is 5.06. The maximum atomic E-state index is 15.0. The lowest BCUT2D eigenvalue weighted by Crippen LogP contribution is -2.51. The highest BCUT2D eigenvalue weighted by molar-refractivity contribution is 6.09. The standard InChI is InChI=1S/C28H32F3N5O4/c1-13-22(28(39)36-20-7-6-17(10-19(20)29)35-27(38)14(2)37)24-25(34-13)23(32-12-33-24)18-9-16(26(30)31)5-8-21(18)40-11-15-3-4-15/h5,8-9,12,14-15,17,19-20,26,34,37H,3-4,6-7,10-11H2,1-2H3,(H,35,38)(H,36,39)/t14-,17-,19+,20-/m0/s1. The number of halogens is 3. The second-order valence-electron chi connectivity index (χ2n) is 10.7. The second kappa shape index (κ2) is 11.4. The number of H-pyrrole nitrogens is 1. The van der Waals surface area contributed by atoms with Crippen LogP contribution in [-0.2, 0) is 4.79 Å².